The Morgan fingerprint density at radius 1 is 0.971 bits per heavy atom. The van der Waals surface area contributed by atoms with E-state index in [-0.39, 0.29) is 10.9 Å². The van der Waals surface area contributed by atoms with Crippen molar-refractivity contribution in [2.24, 2.45) is 11.8 Å². The zero-order valence-electron chi connectivity index (χ0n) is 19.4. The highest BCUT2D eigenvalue weighted by molar-refractivity contribution is 7.89. The van der Waals surface area contributed by atoms with E-state index in [1.165, 1.54) is 0 Å². The first kappa shape index (κ1) is 22.3. The quantitative estimate of drug-likeness (QED) is 0.402. The van der Waals surface area contributed by atoms with Crippen LogP contribution in [0.3, 0.4) is 0 Å². The smallest absolute Gasteiger partial charge is 0.243 e. The summed E-state index contributed by atoms with van der Waals surface area (Å²) in [6, 6.07) is 18.5. The van der Waals surface area contributed by atoms with Gasteiger partial charge in [-0.3, -0.25) is 14.9 Å². The van der Waals surface area contributed by atoms with Gasteiger partial charge < -0.3 is 0 Å². The monoisotopic (exact) mass is 484 g/mol. The Morgan fingerprint density at radius 2 is 1.66 bits per heavy atom. The van der Waals surface area contributed by atoms with Gasteiger partial charge in [0.05, 0.1) is 17.1 Å². The molecule has 5 heterocycles. The van der Waals surface area contributed by atoms with Gasteiger partial charge in [0.1, 0.15) is 4.90 Å². The Morgan fingerprint density at radius 3 is 2.37 bits per heavy atom. The number of hydrogen-bond acceptors (Lipinski definition) is 5. The van der Waals surface area contributed by atoms with E-state index in [0.29, 0.717) is 17.4 Å². The van der Waals surface area contributed by atoms with E-state index in [0.717, 1.165) is 47.8 Å². The molecule has 3 saturated heterocycles. The van der Waals surface area contributed by atoms with Crippen LogP contribution in [0.2, 0.25) is 0 Å². The minimum Gasteiger partial charge on any atom is -0.298 e. The van der Waals surface area contributed by atoms with E-state index in [9.17, 15) is 8.42 Å². The number of para-hydroxylation sites is 2. The van der Waals surface area contributed by atoms with Gasteiger partial charge in [0.25, 0.3) is 0 Å². The first-order valence-corrected chi connectivity index (χ1v) is 13.6. The number of sulfonamides is 1. The number of nitrogens with one attached hydrogen (secondary N) is 1. The Bertz CT molecular complexity index is 1510. The van der Waals surface area contributed by atoms with Crippen molar-refractivity contribution in [2.75, 3.05) is 13.1 Å². The number of rotatable bonds is 6. The van der Waals surface area contributed by atoms with E-state index < -0.39 is 16.1 Å². The largest absolute Gasteiger partial charge is 0.298 e. The summed E-state index contributed by atoms with van der Waals surface area (Å²) in [6.07, 6.45) is 7.50. The lowest BCUT2D eigenvalue weighted by molar-refractivity contribution is 0.00489. The van der Waals surface area contributed by atoms with Gasteiger partial charge in [0.15, 0.2) is 0 Å². The molecule has 3 aliphatic rings. The van der Waals surface area contributed by atoms with Crippen molar-refractivity contribution >= 4 is 31.8 Å². The number of pyridine rings is 2. The van der Waals surface area contributed by atoms with Crippen LogP contribution in [0.5, 0.6) is 0 Å². The van der Waals surface area contributed by atoms with Crippen LogP contribution in [0.15, 0.2) is 90.6 Å². The lowest BCUT2D eigenvalue weighted by atomic mass is 9.73. The minimum atomic E-state index is -3.88. The topological polar surface area (TPSA) is 75.2 Å². The van der Waals surface area contributed by atoms with Crippen LogP contribution in [0.4, 0.5) is 0 Å². The van der Waals surface area contributed by atoms with Gasteiger partial charge in [0.2, 0.25) is 10.0 Å². The molecule has 2 aromatic carbocycles. The molecule has 35 heavy (non-hydrogen) atoms. The van der Waals surface area contributed by atoms with Crippen LogP contribution in [0, 0.1) is 11.8 Å². The van der Waals surface area contributed by atoms with Crippen LogP contribution in [-0.4, -0.2) is 42.4 Å². The second-order valence-electron chi connectivity index (χ2n) is 9.60. The lowest BCUT2D eigenvalue weighted by Crippen LogP contribution is -2.57. The van der Waals surface area contributed by atoms with Gasteiger partial charge in [-0.1, -0.05) is 48.5 Å². The molecule has 2 aromatic heterocycles. The summed E-state index contributed by atoms with van der Waals surface area (Å²) in [4.78, 5) is 11.7. The molecule has 0 aliphatic carbocycles. The van der Waals surface area contributed by atoms with Crippen LogP contribution >= 0.6 is 0 Å². The van der Waals surface area contributed by atoms with Crippen molar-refractivity contribution in [3.63, 3.8) is 0 Å². The molecule has 2 bridgehead atoms. The number of fused-ring (bicyclic) bond motifs is 5. The predicted molar refractivity (Wildman–Crippen MR) is 138 cm³/mol. The van der Waals surface area contributed by atoms with Crippen molar-refractivity contribution in [1.82, 2.24) is 19.6 Å². The Labute approximate surface area is 205 Å². The van der Waals surface area contributed by atoms with Crippen LogP contribution in [-0.2, 0) is 10.0 Å². The van der Waals surface area contributed by atoms with Crippen molar-refractivity contribution in [1.29, 1.82) is 0 Å². The summed E-state index contributed by atoms with van der Waals surface area (Å²) in [5.74, 6) is 0.960. The second kappa shape index (κ2) is 8.82. The molecule has 7 heteroatoms. The highest BCUT2D eigenvalue weighted by Gasteiger charge is 2.44. The predicted octanol–water partition coefficient (Wildman–Crippen LogP) is 4.70. The summed E-state index contributed by atoms with van der Waals surface area (Å²) in [7, 11) is -3.88. The van der Waals surface area contributed by atoms with Gasteiger partial charge in [-0.25, -0.2) is 13.1 Å². The van der Waals surface area contributed by atoms with Crippen molar-refractivity contribution in [2.45, 2.75) is 29.8 Å². The number of hydrogen-bond donors (Lipinski definition) is 1. The first-order valence-electron chi connectivity index (χ1n) is 12.1. The van der Waals surface area contributed by atoms with Gasteiger partial charge >= 0.3 is 0 Å². The van der Waals surface area contributed by atoms with Gasteiger partial charge in [-0.15, -0.1) is 6.58 Å². The standard InChI is InChI=1S/C28H28N4O2S/c1-2-19-18-32-16-13-22(19)17-24(32)28(23-11-3-7-20-9-5-14-29-26(20)23)31-35(33,34)25-12-4-8-21-10-6-15-30-27(21)25/h2-12,14-15,19,22,24,28,31H,1,13,16-18H2/t19?,22?,24?,28-/m0/s1. The molecule has 6 nitrogen and oxygen atoms in total. The molecule has 0 spiro atoms. The number of aromatic nitrogens is 2. The second-order valence-corrected chi connectivity index (χ2v) is 11.3. The molecule has 0 saturated carbocycles. The van der Waals surface area contributed by atoms with E-state index >= 15 is 0 Å². The summed E-state index contributed by atoms with van der Waals surface area (Å²) < 4.78 is 31.0. The maximum atomic E-state index is 13.9. The summed E-state index contributed by atoms with van der Waals surface area (Å²) in [6.45, 7) is 5.92. The van der Waals surface area contributed by atoms with E-state index in [4.69, 9.17) is 0 Å². The average Bonchev–Trinajstić information content (AvgIpc) is 2.91. The maximum Gasteiger partial charge on any atom is 0.243 e. The van der Waals surface area contributed by atoms with Gasteiger partial charge in [0, 0.05) is 35.8 Å². The number of piperidine rings is 3. The highest BCUT2D eigenvalue weighted by Crippen LogP contribution is 2.42. The van der Waals surface area contributed by atoms with Crippen molar-refractivity contribution in [3.05, 3.63) is 91.3 Å². The Balaban J connectivity index is 1.47. The molecule has 7 rings (SSSR count). The van der Waals surface area contributed by atoms with E-state index in [1.807, 2.05) is 48.5 Å². The third-order valence-electron chi connectivity index (χ3n) is 7.71. The summed E-state index contributed by atoms with van der Waals surface area (Å²) in [5.41, 5.74) is 2.23. The number of nitrogens with zero attached hydrogens (tertiary/aromatic N) is 3. The molecular weight excluding hydrogens is 456 g/mol. The molecule has 3 aliphatic heterocycles. The highest BCUT2D eigenvalue weighted by atomic mass is 32.2. The SMILES string of the molecule is C=CC1CN2CCC1CC2[C@@H](NS(=O)(=O)c1cccc2cccnc12)c1cccc2cccnc12. The molecule has 3 fully saturated rings. The molecule has 4 aromatic rings. The zero-order chi connectivity index (χ0) is 24.0. The zero-order valence-corrected chi connectivity index (χ0v) is 20.2. The molecular formula is C28H28N4O2S. The van der Waals surface area contributed by atoms with Crippen molar-refractivity contribution < 1.29 is 8.42 Å². The fourth-order valence-corrected chi connectivity index (χ4v) is 7.40. The number of benzene rings is 2. The third kappa shape index (κ3) is 3.93. The van der Waals surface area contributed by atoms with Crippen LogP contribution < -0.4 is 4.72 Å². The minimum absolute atomic E-state index is 0.0373. The summed E-state index contributed by atoms with van der Waals surface area (Å²) in [5, 5.41) is 1.80. The Kier molecular flexibility index (Phi) is 5.63. The van der Waals surface area contributed by atoms with E-state index in [1.54, 1.807) is 24.5 Å². The molecule has 0 amide bonds. The Hall–Kier alpha value is -3.13. The first-order chi connectivity index (χ1) is 17.0. The molecule has 0 radical (unpaired) electrons. The van der Waals surface area contributed by atoms with Gasteiger partial charge in [-0.05, 0) is 55.0 Å². The lowest BCUT2D eigenvalue weighted by Gasteiger charge is -2.51. The maximum absolute atomic E-state index is 13.9. The molecule has 5 atom stereocenters. The molecule has 4 unspecified atom stereocenters. The van der Waals surface area contributed by atoms with Crippen molar-refractivity contribution in [3.8, 4) is 0 Å². The fraction of sp³-hybridized carbons (Fsp3) is 0.286. The normalized spacial score (nSPS) is 25.0. The van der Waals surface area contributed by atoms with Crippen LogP contribution in [0.25, 0.3) is 21.8 Å². The van der Waals surface area contributed by atoms with Gasteiger partial charge in [-0.2, -0.15) is 0 Å². The average molecular weight is 485 g/mol. The molecule has 1 N–H and O–H groups in total. The van der Waals surface area contributed by atoms with Crippen LogP contribution in [0.1, 0.15) is 24.4 Å². The van der Waals surface area contributed by atoms with E-state index in [2.05, 4.69) is 32.2 Å². The third-order valence-corrected chi connectivity index (χ3v) is 9.18. The fourth-order valence-electron chi connectivity index (χ4n) is 5.98. The summed E-state index contributed by atoms with van der Waals surface area (Å²) >= 11 is 0. The molecule has 178 valence electrons.